The number of nitrogens with one attached hydrogen (secondary N) is 1. The summed E-state index contributed by atoms with van der Waals surface area (Å²) in [5.74, 6) is -1.76. The van der Waals surface area contributed by atoms with Gasteiger partial charge in [0.05, 0.1) is 18.7 Å². The second-order valence-electron chi connectivity index (χ2n) is 4.96. The van der Waals surface area contributed by atoms with Crippen LogP contribution < -0.4 is 11.1 Å². The van der Waals surface area contributed by atoms with Crippen LogP contribution in [0, 0.1) is 5.92 Å². The van der Waals surface area contributed by atoms with E-state index in [4.69, 9.17) is 10.8 Å². The molecule has 1 fully saturated rings. The number of aromatic nitrogens is 3. The van der Waals surface area contributed by atoms with Crippen LogP contribution >= 0.6 is 0 Å². The molecule has 20 heavy (non-hydrogen) atoms. The van der Waals surface area contributed by atoms with Crippen molar-refractivity contribution in [3.8, 4) is 0 Å². The third kappa shape index (κ3) is 3.32. The van der Waals surface area contributed by atoms with E-state index in [0.29, 0.717) is 25.9 Å². The van der Waals surface area contributed by atoms with E-state index in [-0.39, 0.29) is 17.6 Å². The lowest BCUT2D eigenvalue weighted by Crippen LogP contribution is -2.45. The van der Waals surface area contributed by atoms with Crippen molar-refractivity contribution >= 4 is 11.9 Å². The number of carbonyl (C=O) groups excluding carboxylic acids is 1. The number of rotatable bonds is 5. The average molecular weight is 281 g/mol. The third-order valence-corrected chi connectivity index (χ3v) is 3.53. The molecule has 110 valence electrons. The fraction of sp³-hybridized carbons (Fsp3) is 0.667. The summed E-state index contributed by atoms with van der Waals surface area (Å²) in [6, 6.07) is -0.339. The Balaban J connectivity index is 1.99. The SMILES string of the molecule is NCCn1cc(C(=O)NC2CCCCC2C(=O)O)nn1. The molecule has 0 spiro atoms. The summed E-state index contributed by atoms with van der Waals surface area (Å²) < 4.78 is 1.49. The molecule has 0 aromatic carbocycles. The molecule has 8 heteroatoms. The normalized spacial score (nSPS) is 22.4. The Bertz CT molecular complexity index is 487. The van der Waals surface area contributed by atoms with Gasteiger partial charge in [0.15, 0.2) is 5.69 Å². The zero-order valence-electron chi connectivity index (χ0n) is 11.2. The summed E-state index contributed by atoms with van der Waals surface area (Å²) in [5.41, 5.74) is 5.58. The van der Waals surface area contributed by atoms with Crippen LogP contribution in [0.1, 0.15) is 36.2 Å². The van der Waals surface area contributed by atoms with Gasteiger partial charge in [-0.25, -0.2) is 0 Å². The van der Waals surface area contributed by atoms with Gasteiger partial charge < -0.3 is 16.2 Å². The van der Waals surface area contributed by atoms with E-state index in [1.54, 1.807) is 0 Å². The van der Waals surface area contributed by atoms with Crippen LogP contribution in [-0.2, 0) is 11.3 Å². The minimum absolute atomic E-state index is 0.188. The number of nitrogens with two attached hydrogens (primary N) is 1. The van der Waals surface area contributed by atoms with E-state index >= 15 is 0 Å². The molecule has 0 saturated heterocycles. The molecule has 1 aromatic rings. The minimum atomic E-state index is -0.859. The van der Waals surface area contributed by atoms with Gasteiger partial charge >= 0.3 is 5.97 Å². The first-order valence-corrected chi connectivity index (χ1v) is 6.75. The molecule has 8 nitrogen and oxygen atoms in total. The highest BCUT2D eigenvalue weighted by Crippen LogP contribution is 2.24. The van der Waals surface area contributed by atoms with Gasteiger partial charge in [0.1, 0.15) is 0 Å². The van der Waals surface area contributed by atoms with E-state index < -0.39 is 11.9 Å². The second-order valence-corrected chi connectivity index (χ2v) is 4.96. The molecular formula is C12H19N5O3. The lowest BCUT2D eigenvalue weighted by atomic mass is 9.84. The number of aliphatic carboxylic acids is 1. The van der Waals surface area contributed by atoms with Gasteiger partial charge in [-0.2, -0.15) is 0 Å². The Labute approximate surface area is 116 Å². The Morgan fingerprint density at radius 1 is 1.45 bits per heavy atom. The molecule has 1 aliphatic rings. The van der Waals surface area contributed by atoms with Gasteiger partial charge in [-0.1, -0.05) is 18.1 Å². The summed E-state index contributed by atoms with van der Waals surface area (Å²) >= 11 is 0. The van der Waals surface area contributed by atoms with Crippen LogP contribution in [0.15, 0.2) is 6.20 Å². The molecule has 0 aliphatic heterocycles. The first-order valence-electron chi connectivity index (χ1n) is 6.75. The summed E-state index contributed by atoms with van der Waals surface area (Å²) in [6.07, 6.45) is 4.60. The highest BCUT2D eigenvalue weighted by Gasteiger charge is 2.32. The van der Waals surface area contributed by atoms with Gasteiger partial charge in [0.2, 0.25) is 0 Å². The zero-order chi connectivity index (χ0) is 14.5. The molecular weight excluding hydrogens is 262 g/mol. The highest BCUT2D eigenvalue weighted by atomic mass is 16.4. The van der Waals surface area contributed by atoms with Crippen molar-refractivity contribution in [2.45, 2.75) is 38.3 Å². The standard InChI is InChI=1S/C12H19N5O3/c13-5-6-17-7-10(15-16-17)11(18)14-9-4-2-1-3-8(9)12(19)20/h7-9H,1-6,13H2,(H,14,18)(H,19,20). The summed E-state index contributed by atoms with van der Waals surface area (Å²) in [5, 5.41) is 19.5. The number of hydrogen-bond acceptors (Lipinski definition) is 5. The predicted molar refractivity (Wildman–Crippen MR) is 69.9 cm³/mol. The topological polar surface area (TPSA) is 123 Å². The van der Waals surface area contributed by atoms with Crippen LogP contribution in [0.25, 0.3) is 0 Å². The maximum absolute atomic E-state index is 12.0. The molecule has 4 N–H and O–H groups in total. The van der Waals surface area contributed by atoms with Crippen LogP contribution in [0.4, 0.5) is 0 Å². The van der Waals surface area contributed by atoms with Crippen molar-refractivity contribution in [2.75, 3.05) is 6.54 Å². The molecule has 1 saturated carbocycles. The fourth-order valence-corrected chi connectivity index (χ4v) is 2.49. The van der Waals surface area contributed by atoms with Crippen LogP contribution in [0.5, 0.6) is 0 Å². The number of amides is 1. The van der Waals surface area contributed by atoms with E-state index in [0.717, 1.165) is 12.8 Å². The minimum Gasteiger partial charge on any atom is -0.481 e. The van der Waals surface area contributed by atoms with E-state index in [2.05, 4.69) is 15.6 Å². The molecule has 1 aliphatic carbocycles. The van der Waals surface area contributed by atoms with Crippen molar-refractivity contribution < 1.29 is 14.7 Å². The van der Waals surface area contributed by atoms with Gasteiger partial charge in [-0.3, -0.25) is 14.3 Å². The fourth-order valence-electron chi connectivity index (χ4n) is 2.49. The van der Waals surface area contributed by atoms with Crippen molar-refractivity contribution in [3.05, 3.63) is 11.9 Å². The monoisotopic (exact) mass is 281 g/mol. The summed E-state index contributed by atoms with van der Waals surface area (Å²) in [7, 11) is 0. The van der Waals surface area contributed by atoms with Crippen molar-refractivity contribution in [1.29, 1.82) is 0 Å². The van der Waals surface area contributed by atoms with Crippen LogP contribution in [0.2, 0.25) is 0 Å². The third-order valence-electron chi connectivity index (χ3n) is 3.53. The molecule has 1 aromatic heterocycles. The Kier molecular flexibility index (Phi) is 4.67. The van der Waals surface area contributed by atoms with Gasteiger partial charge in [0.25, 0.3) is 5.91 Å². The van der Waals surface area contributed by atoms with E-state index in [9.17, 15) is 9.59 Å². The number of carboxylic acids is 1. The van der Waals surface area contributed by atoms with Gasteiger partial charge in [-0.05, 0) is 12.8 Å². The quantitative estimate of drug-likeness (QED) is 0.675. The number of hydrogen-bond donors (Lipinski definition) is 3. The average Bonchev–Trinajstić information content (AvgIpc) is 2.88. The van der Waals surface area contributed by atoms with Crippen LogP contribution in [0.3, 0.4) is 0 Å². The number of carbonyl (C=O) groups is 2. The first kappa shape index (κ1) is 14.4. The molecule has 1 amide bonds. The Hall–Kier alpha value is -1.96. The Morgan fingerprint density at radius 3 is 2.90 bits per heavy atom. The Morgan fingerprint density at radius 2 is 2.20 bits per heavy atom. The largest absolute Gasteiger partial charge is 0.481 e. The number of nitrogens with zero attached hydrogens (tertiary/aromatic N) is 3. The van der Waals surface area contributed by atoms with Gasteiger partial charge in [0, 0.05) is 12.6 Å². The molecule has 2 unspecified atom stereocenters. The maximum Gasteiger partial charge on any atom is 0.308 e. The van der Waals surface area contributed by atoms with Crippen molar-refractivity contribution in [2.24, 2.45) is 11.7 Å². The molecule has 0 radical (unpaired) electrons. The lowest BCUT2D eigenvalue weighted by molar-refractivity contribution is -0.143. The van der Waals surface area contributed by atoms with Crippen molar-refractivity contribution in [1.82, 2.24) is 20.3 Å². The molecule has 2 atom stereocenters. The van der Waals surface area contributed by atoms with Gasteiger partial charge in [-0.15, -0.1) is 5.10 Å². The highest BCUT2D eigenvalue weighted by molar-refractivity contribution is 5.92. The predicted octanol–water partition coefficient (Wildman–Crippen LogP) is -0.390. The van der Waals surface area contributed by atoms with Crippen LogP contribution in [-0.4, -0.2) is 44.6 Å². The summed E-state index contributed by atoms with van der Waals surface area (Å²) in [6.45, 7) is 0.898. The van der Waals surface area contributed by atoms with E-state index in [1.165, 1.54) is 10.9 Å². The van der Waals surface area contributed by atoms with E-state index in [1.807, 2.05) is 0 Å². The molecule has 1 heterocycles. The zero-order valence-corrected chi connectivity index (χ0v) is 11.2. The van der Waals surface area contributed by atoms with Crippen molar-refractivity contribution in [3.63, 3.8) is 0 Å². The maximum atomic E-state index is 12.0. The molecule has 2 rings (SSSR count). The second kappa shape index (κ2) is 6.47. The number of carboxylic acid groups (broad SMARTS) is 1. The molecule has 0 bridgehead atoms. The summed E-state index contributed by atoms with van der Waals surface area (Å²) in [4.78, 5) is 23.2. The first-order chi connectivity index (χ1) is 9.61. The lowest BCUT2D eigenvalue weighted by Gasteiger charge is -2.28. The smallest absolute Gasteiger partial charge is 0.308 e.